The van der Waals surface area contributed by atoms with Crippen LogP contribution in [0, 0.1) is 12.8 Å². The summed E-state index contributed by atoms with van der Waals surface area (Å²) in [5, 5.41) is 8.10. The molecule has 3 heterocycles. The van der Waals surface area contributed by atoms with Crippen LogP contribution in [0.2, 0.25) is 0 Å². The molecule has 0 amide bonds. The lowest BCUT2D eigenvalue weighted by Crippen LogP contribution is -2.32. The van der Waals surface area contributed by atoms with Gasteiger partial charge in [0, 0.05) is 19.4 Å². The Kier molecular flexibility index (Phi) is 5.80. The second-order valence-electron chi connectivity index (χ2n) is 7.14. The number of aromatic nitrogens is 4. The van der Waals surface area contributed by atoms with Crippen molar-refractivity contribution in [2.45, 2.75) is 59.1 Å². The predicted octanol–water partition coefficient (Wildman–Crippen LogP) is 2.87. The van der Waals surface area contributed by atoms with Gasteiger partial charge in [0.2, 0.25) is 11.8 Å². The van der Waals surface area contributed by atoms with Gasteiger partial charge in [-0.1, -0.05) is 24.2 Å². The smallest absolute Gasteiger partial charge is 0.240 e. The molecule has 0 aromatic carbocycles. The molecule has 1 atom stereocenters. The van der Waals surface area contributed by atoms with E-state index in [1.54, 1.807) is 0 Å². The van der Waals surface area contributed by atoms with E-state index in [-0.39, 0.29) is 6.10 Å². The van der Waals surface area contributed by atoms with Gasteiger partial charge in [-0.15, -0.1) is 0 Å². The van der Waals surface area contributed by atoms with Crippen molar-refractivity contribution in [2.75, 3.05) is 19.7 Å². The maximum Gasteiger partial charge on any atom is 0.240 e. The zero-order valence-electron chi connectivity index (χ0n) is 15.4. The minimum Gasteiger partial charge on any atom is -0.370 e. The van der Waals surface area contributed by atoms with E-state index in [0.717, 1.165) is 31.8 Å². The zero-order valence-corrected chi connectivity index (χ0v) is 15.4. The van der Waals surface area contributed by atoms with Gasteiger partial charge >= 0.3 is 0 Å². The van der Waals surface area contributed by atoms with Crippen molar-refractivity contribution in [3.05, 3.63) is 23.4 Å². The van der Waals surface area contributed by atoms with Crippen LogP contribution in [0.3, 0.4) is 0 Å². The summed E-state index contributed by atoms with van der Waals surface area (Å²) >= 11 is 0. The molecular formula is C17H27N5O3. The third kappa shape index (κ3) is 4.85. The lowest BCUT2D eigenvalue weighted by molar-refractivity contribution is 0.0402. The number of hydrogen-bond donors (Lipinski definition) is 0. The molecular weight excluding hydrogens is 322 g/mol. The second kappa shape index (κ2) is 8.05. The molecule has 2 aromatic heterocycles. The highest BCUT2D eigenvalue weighted by Crippen LogP contribution is 2.26. The second-order valence-corrected chi connectivity index (χ2v) is 7.14. The first kappa shape index (κ1) is 18.0. The summed E-state index contributed by atoms with van der Waals surface area (Å²) in [5.74, 6) is 3.57. The predicted molar refractivity (Wildman–Crippen MR) is 89.8 cm³/mol. The third-order valence-corrected chi connectivity index (χ3v) is 4.38. The molecule has 138 valence electrons. The Hall–Kier alpha value is -1.80. The zero-order chi connectivity index (χ0) is 17.8. The summed E-state index contributed by atoms with van der Waals surface area (Å²) in [4.78, 5) is 11.1. The molecule has 1 saturated heterocycles. The first-order valence-electron chi connectivity index (χ1n) is 8.98. The molecule has 0 saturated carbocycles. The topological polar surface area (TPSA) is 90.3 Å². The Morgan fingerprint density at radius 2 is 1.88 bits per heavy atom. The van der Waals surface area contributed by atoms with Gasteiger partial charge in [0.05, 0.1) is 6.54 Å². The van der Waals surface area contributed by atoms with Crippen molar-refractivity contribution in [1.29, 1.82) is 0 Å². The number of nitrogens with zero attached hydrogens (tertiary/aromatic N) is 5. The van der Waals surface area contributed by atoms with Crippen LogP contribution >= 0.6 is 0 Å². The van der Waals surface area contributed by atoms with Crippen molar-refractivity contribution in [2.24, 2.45) is 5.92 Å². The minimum absolute atomic E-state index is 0.146. The van der Waals surface area contributed by atoms with Crippen LogP contribution in [0.25, 0.3) is 0 Å². The van der Waals surface area contributed by atoms with E-state index in [0.29, 0.717) is 42.6 Å². The van der Waals surface area contributed by atoms with Crippen LogP contribution in [0.15, 0.2) is 9.05 Å². The van der Waals surface area contributed by atoms with Gasteiger partial charge in [0.15, 0.2) is 11.6 Å². The fourth-order valence-electron chi connectivity index (χ4n) is 2.93. The molecule has 8 nitrogen and oxygen atoms in total. The van der Waals surface area contributed by atoms with Crippen LogP contribution in [-0.4, -0.2) is 44.9 Å². The molecule has 0 radical (unpaired) electrons. The molecule has 1 aliphatic heterocycles. The molecule has 0 aliphatic carbocycles. The molecule has 2 aromatic rings. The molecule has 0 bridgehead atoms. The molecule has 25 heavy (non-hydrogen) atoms. The maximum atomic E-state index is 5.74. The van der Waals surface area contributed by atoms with Crippen molar-refractivity contribution in [3.8, 4) is 0 Å². The van der Waals surface area contributed by atoms with Gasteiger partial charge < -0.3 is 13.8 Å². The molecule has 3 rings (SSSR count). The van der Waals surface area contributed by atoms with Crippen LogP contribution in [0.4, 0.5) is 0 Å². The minimum atomic E-state index is -0.146. The van der Waals surface area contributed by atoms with Crippen LogP contribution in [0.1, 0.15) is 69.1 Å². The number of piperidine rings is 1. The van der Waals surface area contributed by atoms with E-state index < -0.39 is 0 Å². The number of hydrogen-bond acceptors (Lipinski definition) is 8. The Bertz CT molecular complexity index is 661. The fourth-order valence-corrected chi connectivity index (χ4v) is 2.93. The van der Waals surface area contributed by atoms with E-state index in [1.165, 1.54) is 0 Å². The summed E-state index contributed by atoms with van der Waals surface area (Å²) < 4.78 is 16.2. The molecule has 0 N–H and O–H groups in total. The highest BCUT2D eigenvalue weighted by Gasteiger charge is 2.25. The van der Waals surface area contributed by atoms with Crippen molar-refractivity contribution >= 4 is 0 Å². The molecule has 1 unspecified atom stereocenters. The highest BCUT2D eigenvalue weighted by atomic mass is 16.5. The monoisotopic (exact) mass is 349 g/mol. The first-order valence-corrected chi connectivity index (χ1v) is 8.98. The average molecular weight is 349 g/mol. The highest BCUT2D eigenvalue weighted by molar-refractivity contribution is 4.98. The Morgan fingerprint density at radius 3 is 2.52 bits per heavy atom. The quantitative estimate of drug-likeness (QED) is 0.753. The van der Waals surface area contributed by atoms with E-state index in [1.807, 2.05) is 13.8 Å². The summed E-state index contributed by atoms with van der Waals surface area (Å²) in [5.41, 5.74) is 0. The summed E-state index contributed by atoms with van der Waals surface area (Å²) in [6.07, 6.45) is 1.87. The summed E-state index contributed by atoms with van der Waals surface area (Å²) in [6, 6.07) is 0. The van der Waals surface area contributed by atoms with Gasteiger partial charge in [-0.2, -0.15) is 9.97 Å². The van der Waals surface area contributed by atoms with Gasteiger partial charge in [-0.05, 0) is 38.8 Å². The van der Waals surface area contributed by atoms with Gasteiger partial charge in [0.25, 0.3) is 0 Å². The SMILES string of the molecule is Cc1nc(C2CCN(Cc3nc(C(C)OCC(C)C)no3)CC2)no1. The Balaban J connectivity index is 1.47. The van der Waals surface area contributed by atoms with Crippen molar-refractivity contribution in [1.82, 2.24) is 25.2 Å². The van der Waals surface area contributed by atoms with Gasteiger partial charge in [0.1, 0.15) is 6.10 Å². The average Bonchev–Trinajstić information content (AvgIpc) is 3.22. The third-order valence-electron chi connectivity index (χ3n) is 4.38. The van der Waals surface area contributed by atoms with Crippen LogP contribution < -0.4 is 0 Å². The maximum absolute atomic E-state index is 5.74. The lowest BCUT2D eigenvalue weighted by Gasteiger charge is -2.29. The van der Waals surface area contributed by atoms with E-state index in [4.69, 9.17) is 13.8 Å². The largest absolute Gasteiger partial charge is 0.370 e. The number of aryl methyl sites for hydroxylation is 1. The molecule has 1 fully saturated rings. The molecule has 8 heteroatoms. The van der Waals surface area contributed by atoms with Crippen LogP contribution in [0.5, 0.6) is 0 Å². The Morgan fingerprint density at radius 1 is 1.12 bits per heavy atom. The van der Waals surface area contributed by atoms with Gasteiger partial charge in [-0.3, -0.25) is 4.90 Å². The van der Waals surface area contributed by atoms with E-state index in [2.05, 4.69) is 39.0 Å². The molecule has 0 spiro atoms. The normalized spacial score (nSPS) is 18.1. The van der Waals surface area contributed by atoms with E-state index >= 15 is 0 Å². The number of likely N-dealkylation sites (tertiary alicyclic amines) is 1. The summed E-state index contributed by atoms with van der Waals surface area (Å²) in [7, 11) is 0. The standard InChI is InChI=1S/C17H27N5O3/c1-11(2)10-23-12(3)16-19-15(25-20-16)9-22-7-5-14(6-8-22)17-18-13(4)24-21-17/h11-12,14H,5-10H2,1-4H3. The first-order chi connectivity index (χ1) is 12.0. The summed E-state index contributed by atoms with van der Waals surface area (Å²) in [6.45, 7) is 11.3. The number of ether oxygens (including phenoxy) is 1. The fraction of sp³-hybridized carbons (Fsp3) is 0.765. The van der Waals surface area contributed by atoms with Crippen LogP contribution in [-0.2, 0) is 11.3 Å². The molecule has 1 aliphatic rings. The van der Waals surface area contributed by atoms with E-state index in [9.17, 15) is 0 Å². The number of rotatable bonds is 7. The van der Waals surface area contributed by atoms with Crippen molar-refractivity contribution in [3.63, 3.8) is 0 Å². The van der Waals surface area contributed by atoms with Gasteiger partial charge in [-0.25, -0.2) is 0 Å². The lowest BCUT2D eigenvalue weighted by atomic mass is 9.96. The van der Waals surface area contributed by atoms with Crippen molar-refractivity contribution < 1.29 is 13.8 Å². The Labute approximate surface area is 147 Å².